The third kappa shape index (κ3) is 4.58. The van der Waals surface area contributed by atoms with E-state index >= 15 is 4.39 Å². The number of anilines is 1. The van der Waals surface area contributed by atoms with Gasteiger partial charge in [-0.25, -0.2) is 14.4 Å². The van der Waals surface area contributed by atoms with Crippen LogP contribution in [0, 0.1) is 12.7 Å². The van der Waals surface area contributed by atoms with Crippen LogP contribution in [0.1, 0.15) is 16.1 Å². The number of carbonyl (C=O) groups excluding carboxylic acids is 2. The number of nitrogens with two attached hydrogens (primary N) is 1. The highest BCUT2D eigenvalue weighted by molar-refractivity contribution is 6.10. The lowest BCUT2D eigenvalue weighted by molar-refractivity contribution is -0.111. The van der Waals surface area contributed by atoms with Crippen molar-refractivity contribution < 1.29 is 18.7 Å². The molecular weight excluding hydrogens is 487 g/mol. The minimum Gasteiger partial charge on any atom is -0.421 e. The predicted octanol–water partition coefficient (Wildman–Crippen LogP) is 4.92. The minimum atomic E-state index is -0.694. The molecule has 0 saturated heterocycles. The Kier molecular flexibility index (Phi) is 6.36. The van der Waals surface area contributed by atoms with E-state index in [1.165, 1.54) is 30.6 Å². The molecule has 3 aromatic heterocycles. The number of hydrogen-bond acceptors (Lipinski definition) is 6. The summed E-state index contributed by atoms with van der Waals surface area (Å²) < 4.78 is 22.6. The first kappa shape index (κ1) is 24.3. The topological polar surface area (TPSA) is 124 Å². The average molecular weight is 509 g/mol. The lowest BCUT2D eigenvalue weighted by atomic mass is 9.96. The third-order valence-electron chi connectivity index (χ3n) is 5.79. The van der Waals surface area contributed by atoms with Crippen molar-refractivity contribution in [1.82, 2.24) is 19.4 Å². The number of nitrogens with one attached hydrogen (secondary N) is 1. The highest BCUT2D eigenvalue weighted by atomic mass is 19.1. The van der Waals surface area contributed by atoms with Crippen LogP contribution in [0.4, 0.5) is 10.1 Å². The van der Waals surface area contributed by atoms with Crippen molar-refractivity contribution in [2.24, 2.45) is 5.73 Å². The minimum absolute atomic E-state index is 0.0134. The maximum Gasteiger partial charge on any atom is 0.322 e. The van der Waals surface area contributed by atoms with Crippen LogP contribution >= 0.6 is 0 Å². The first-order valence-electron chi connectivity index (χ1n) is 11.4. The molecule has 0 bridgehead atoms. The number of fused-ring (bicyclic) bond motifs is 1. The SMILES string of the molecule is C=CC(=O)Nc1ccc(-c2c(-c3ccc(Oc4nccc(C)n4)c(F)c3)c(C(N)=O)c3cnccn23)cc1. The molecule has 3 heterocycles. The predicted molar refractivity (Wildman–Crippen MR) is 140 cm³/mol. The highest BCUT2D eigenvalue weighted by Gasteiger charge is 2.25. The fraction of sp³-hybridized carbons (Fsp3) is 0.0357. The second-order valence-corrected chi connectivity index (χ2v) is 8.29. The van der Waals surface area contributed by atoms with E-state index in [0.717, 1.165) is 0 Å². The number of ether oxygens (including phenoxy) is 1. The molecule has 0 saturated carbocycles. The molecule has 0 aliphatic rings. The molecule has 0 unspecified atom stereocenters. The van der Waals surface area contributed by atoms with Crippen molar-refractivity contribution in [3.63, 3.8) is 0 Å². The molecule has 2 amide bonds. The average Bonchev–Trinajstić information content (AvgIpc) is 3.26. The van der Waals surface area contributed by atoms with E-state index in [2.05, 4.69) is 26.8 Å². The third-order valence-corrected chi connectivity index (χ3v) is 5.79. The first-order valence-corrected chi connectivity index (χ1v) is 11.4. The van der Waals surface area contributed by atoms with Crippen molar-refractivity contribution in [1.29, 1.82) is 0 Å². The quantitative estimate of drug-likeness (QED) is 0.301. The number of halogens is 1. The zero-order valence-corrected chi connectivity index (χ0v) is 20.2. The van der Waals surface area contributed by atoms with Gasteiger partial charge in [-0.15, -0.1) is 0 Å². The summed E-state index contributed by atoms with van der Waals surface area (Å²) >= 11 is 0. The van der Waals surface area contributed by atoms with E-state index in [9.17, 15) is 9.59 Å². The number of aromatic nitrogens is 4. The summed E-state index contributed by atoms with van der Waals surface area (Å²) in [6.07, 6.45) is 7.48. The molecule has 9 nitrogen and oxygen atoms in total. The highest BCUT2D eigenvalue weighted by Crippen LogP contribution is 2.40. The lowest BCUT2D eigenvalue weighted by Gasteiger charge is -2.11. The van der Waals surface area contributed by atoms with Gasteiger partial charge in [-0.3, -0.25) is 14.6 Å². The maximum atomic E-state index is 15.3. The molecule has 5 rings (SSSR count). The van der Waals surface area contributed by atoms with Crippen molar-refractivity contribution in [3.05, 3.63) is 103 Å². The number of hydrogen-bond donors (Lipinski definition) is 2. The fourth-order valence-corrected chi connectivity index (χ4v) is 4.14. The molecule has 2 aromatic carbocycles. The summed E-state index contributed by atoms with van der Waals surface area (Å²) in [5, 5.41) is 2.69. The van der Waals surface area contributed by atoms with E-state index in [0.29, 0.717) is 39.3 Å². The van der Waals surface area contributed by atoms with Crippen LogP contribution in [0.5, 0.6) is 11.8 Å². The van der Waals surface area contributed by atoms with E-state index in [-0.39, 0.29) is 23.2 Å². The van der Waals surface area contributed by atoms with Gasteiger partial charge >= 0.3 is 6.01 Å². The Bertz CT molecular complexity index is 1710. The smallest absolute Gasteiger partial charge is 0.322 e. The zero-order chi connectivity index (χ0) is 26.8. The number of aryl methyl sites for hydroxylation is 1. The van der Waals surface area contributed by atoms with Crippen LogP contribution in [-0.4, -0.2) is 31.2 Å². The van der Waals surface area contributed by atoms with Gasteiger partial charge in [0, 0.05) is 35.5 Å². The van der Waals surface area contributed by atoms with Crippen molar-refractivity contribution >= 4 is 23.0 Å². The van der Waals surface area contributed by atoms with Crippen LogP contribution in [0.3, 0.4) is 0 Å². The Morgan fingerprint density at radius 1 is 1.11 bits per heavy atom. The van der Waals surface area contributed by atoms with Gasteiger partial charge in [0.05, 0.1) is 23.0 Å². The number of benzene rings is 2. The summed E-state index contributed by atoms with van der Waals surface area (Å²) in [5.74, 6) is -1.79. The zero-order valence-electron chi connectivity index (χ0n) is 20.2. The Morgan fingerprint density at radius 3 is 2.55 bits per heavy atom. The summed E-state index contributed by atoms with van der Waals surface area (Å²) in [4.78, 5) is 36.6. The summed E-state index contributed by atoms with van der Waals surface area (Å²) in [6, 6.07) is 13.0. The number of nitrogens with zero attached hydrogens (tertiary/aromatic N) is 4. The Hall–Kier alpha value is -5.38. The monoisotopic (exact) mass is 508 g/mol. The molecule has 0 aliphatic carbocycles. The van der Waals surface area contributed by atoms with Crippen molar-refractivity contribution in [3.8, 4) is 34.1 Å². The number of rotatable bonds is 7. The molecule has 0 fully saturated rings. The van der Waals surface area contributed by atoms with Gasteiger partial charge in [-0.2, -0.15) is 0 Å². The van der Waals surface area contributed by atoms with Gasteiger partial charge in [0.15, 0.2) is 11.6 Å². The Morgan fingerprint density at radius 2 is 1.87 bits per heavy atom. The van der Waals surface area contributed by atoms with Gasteiger partial charge < -0.3 is 20.2 Å². The van der Waals surface area contributed by atoms with E-state index in [1.807, 2.05) is 0 Å². The first-order chi connectivity index (χ1) is 18.4. The number of amides is 2. The second kappa shape index (κ2) is 9.94. The van der Waals surface area contributed by atoms with Crippen LogP contribution in [0.2, 0.25) is 0 Å². The molecule has 10 heteroatoms. The van der Waals surface area contributed by atoms with E-state index in [4.69, 9.17) is 10.5 Å². The molecule has 38 heavy (non-hydrogen) atoms. The van der Waals surface area contributed by atoms with Crippen LogP contribution in [0.25, 0.3) is 27.9 Å². The van der Waals surface area contributed by atoms with Gasteiger partial charge in [-0.05, 0) is 54.5 Å². The normalized spacial score (nSPS) is 10.8. The van der Waals surface area contributed by atoms with E-state index in [1.54, 1.807) is 60.1 Å². The maximum absolute atomic E-state index is 15.3. The molecule has 188 valence electrons. The summed E-state index contributed by atoms with van der Waals surface area (Å²) in [5.41, 5.74) is 9.80. The van der Waals surface area contributed by atoms with Crippen LogP contribution in [-0.2, 0) is 4.79 Å². The molecular formula is C28H21FN6O3. The van der Waals surface area contributed by atoms with Gasteiger partial charge in [0.1, 0.15) is 0 Å². The second-order valence-electron chi connectivity index (χ2n) is 8.29. The number of primary amides is 1. The molecule has 0 spiro atoms. The fourth-order valence-electron chi connectivity index (χ4n) is 4.14. The molecule has 0 aliphatic heterocycles. The molecule has 5 aromatic rings. The standard InChI is InChI=1S/C28H21FN6O3/c1-3-23(36)34-19-7-4-17(5-8-19)26-24(25(27(30)37)21-15-31-12-13-35(21)26)18-6-9-22(20(29)14-18)38-28-32-11-10-16(2)33-28/h3-15H,1H2,2H3,(H2,30,37)(H,34,36). The van der Waals surface area contributed by atoms with Gasteiger partial charge in [0.2, 0.25) is 5.91 Å². The molecule has 0 radical (unpaired) electrons. The largest absolute Gasteiger partial charge is 0.421 e. The van der Waals surface area contributed by atoms with Gasteiger partial charge in [0.25, 0.3) is 5.91 Å². The van der Waals surface area contributed by atoms with Crippen LogP contribution in [0.15, 0.2) is 86.0 Å². The Balaban J connectivity index is 1.66. The van der Waals surface area contributed by atoms with E-state index < -0.39 is 11.7 Å². The number of carbonyl (C=O) groups is 2. The molecule has 0 atom stereocenters. The summed E-state index contributed by atoms with van der Waals surface area (Å²) in [6.45, 7) is 5.22. The lowest BCUT2D eigenvalue weighted by Crippen LogP contribution is -2.12. The summed E-state index contributed by atoms with van der Waals surface area (Å²) in [7, 11) is 0. The Labute approximate surface area is 216 Å². The van der Waals surface area contributed by atoms with Crippen molar-refractivity contribution in [2.45, 2.75) is 6.92 Å². The molecule has 3 N–H and O–H groups in total. The van der Waals surface area contributed by atoms with Crippen molar-refractivity contribution in [2.75, 3.05) is 5.32 Å². The van der Waals surface area contributed by atoms with Crippen LogP contribution < -0.4 is 15.8 Å². The van der Waals surface area contributed by atoms with Gasteiger partial charge in [-0.1, -0.05) is 24.8 Å².